The van der Waals surface area contributed by atoms with Crippen LogP contribution in [0.4, 0.5) is 0 Å². The minimum Gasteiger partial charge on any atom is -0.221 e. The summed E-state index contributed by atoms with van der Waals surface area (Å²) in [6.45, 7) is 3.98. The van der Waals surface area contributed by atoms with Crippen molar-refractivity contribution < 1.29 is 0 Å². The molecule has 2 nitrogen and oxygen atoms in total. The van der Waals surface area contributed by atoms with Gasteiger partial charge in [0.2, 0.25) is 0 Å². The number of aromatic nitrogens is 2. The van der Waals surface area contributed by atoms with Gasteiger partial charge < -0.3 is 0 Å². The van der Waals surface area contributed by atoms with Crippen LogP contribution in [0.2, 0.25) is 10.3 Å². The molecular formula is C7H8Cl2N2. The van der Waals surface area contributed by atoms with E-state index in [1.165, 1.54) is 6.07 Å². The summed E-state index contributed by atoms with van der Waals surface area (Å²) in [6, 6.07) is 1.52. The lowest BCUT2D eigenvalue weighted by Gasteiger charge is -2.02. The summed E-state index contributed by atoms with van der Waals surface area (Å²) in [7, 11) is 0. The molecular weight excluding hydrogens is 183 g/mol. The Balaban J connectivity index is 3.08. The van der Waals surface area contributed by atoms with Crippen LogP contribution in [0, 0.1) is 0 Å². The maximum Gasteiger partial charge on any atom is 0.134 e. The fourth-order valence-corrected chi connectivity index (χ4v) is 1.10. The van der Waals surface area contributed by atoms with Gasteiger partial charge >= 0.3 is 0 Å². The second-order valence-electron chi connectivity index (χ2n) is 2.53. The predicted octanol–water partition coefficient (Wildman–Crippen LogP) is 2.91. The monoisotopic (exact) mass is 190 g/mol. The van der Waals surface area contributed by atoms with Crippen molar-refractivity contribution in [3.05, 3.63) is 22.2 Å². The Hall–Kier alpha value is -0.340. The molecule has 0 fully saturated rings. The zero-order chi connectivity index (χ0) is 8.43. The van der Waals surface area contributed by atoms with Gasteiger partial charge in [-0.2, -0.15) is 0 Å². The van der Waals surface area contributed by atoms with E-state index in [9.17, 15) is 0 Å². The molecule has 11 heavy (non-hydrogen) atoms. The lowest BCUT2D eigenvalue weighted by molar-refractivity contribution is 0.774. The number of hydrogen-bond acceptors (Lipinski definition) is 2. The zero-order valence-electron chi connectivity index (χ0n) is 6.31. The zero-order valence-corrected chi connectivity index (χ0v) is 7.82. The van der Waals surface area contributed by atoms with Gasteiger partial charge in [0, 0.05) is 12.0 Å². The second-order valence-corrected chi connectivity index (χ2v) is 3.30. The van der Waals surface area contributed by atoms with Crippen LogP contribution in [0.15, 0.2) is 6.07 Å². The third-order valence-corrected chi connectivity index (χ3v) is 1.58. The van der Waals surface area contributed by atoms with Crippen LogP contribution < -0.4 is 0 Å². The van der Waals surface area contributed by atoms with E-state index in [-0.39, 0.29) is 5.92 Å². The van der Waals surface area contributed by atoms with Crippen LogP contribution in [-0.4, -0.2) is 9.97 Å². The van der Waals surface area contributed by atoms with Gasteiger partial charge in [0.1, 0.15) is 16.1 Å². The highest BCUT2D eigenvalue weighted by Crippen LogP contribution is 2.16. The summed E-state index contributed by atoms with van der Waals surface area (Å²) in [4.78, 5) is 8.01. The van der Waals surface area contributed by atoms with Crippen molar-refractivity contribution in [1.29, 1.82) is 0 Å². The molecule has 4 heteroatoms. The third-order valence-electron chi connectivity index (χ3n) is 1.20. The molecule has 0 saturated carbocycles. The first kappa shape index (κ1) is 8.75. The molecule has 60 valence electrons. The van der Waals surface area contributed by atoms with E-state index in [0.29, 0.717) is 16.1 Å². The molecule has 0 radical (unpaired) electrons. The van der Waals surface area contributed by atoms with Crippen LogP contribution in [0.1, 0.15) is 25.6 Å². The van der Waals surface area contributed by atoms with Crippen molar-refractivity contribution >= 4 is 23.2 Å². The molecule has 1 rings (SSSR count). The van der Waals surface area contributed by atoms with Crippen molar-refractivity contribution in [3.63, 3.8) is 0 Å². The molecule has 0 aliphatic carbocycles. The van der Waals surface area contributed by atoms with Gasteiger partial charge in [-0.15, -0.1) is 0 Å². The second kappa shape index (κ2) is 3.37. The van der Waals surface area contributed by atoms with E-state index in [2.05, 4.69) is 9.97 Å². The SMILES string of the molecule is CC(C)c1nc(Cl)cc(Cl)n1. The van der Waals surface area contributed by atoms with E-state index in [1.54, 1.807) is 0 Å². The summed E-state index contributed by atoms with van der Waals surface area (Å²) >= 11 is 11.3. The molecule has 1 aromatic heterocycles. The molecule has 0 atom stereocenters. The lowest BCUT2D eigenvalue weighted by Crippen LogP contribution is -1.96. The first-order valence-corrected chi connectivity index (χ1v) is 4.05. The highest BCUT2D eigenvalue weighted by atomic mass is 35.5. The molecule has 1 aromatic rings. The Morgan fingerprint density at radius 1 is 1.18 bits per heavy atom. The van der Waals surface area contributed by atoms with Crippen molar-refractivity contribution in [2.24, 2.45) is 0 Å². The third kappa shape index (κ3) is 2.31. The van der Waals surface area contributed by atoms with Gasteiger partial charge in [-0.3, -0.25) is 0 Å². The molecule has 0 saturated heterocycles. The van der Waals surface area contributed by atoms with Gasteiger partial charge in [0.15, 0.2) is 0 Å². The fourth-order valence-electron chi connectivity index (χ4n) is 0.665. The quantitative estimate of drug-likeness (QED) is 0.637. The number of halogens is 2. The molecule has 0 aliphatic rings. The maximum atomic E-state index is 5.66. The van der Waals surface area contributed by atoms with Crippen molar-refractivity contribution in [2.45, 2.75) is 19.8 Å². The van der Waals surface area contributed by atoms with Gasteiger partial charge in [0.25, 0.3) is 0 Å². The molecule has 1 heterocycles. The summed E-state index contributed by atoms with van der Waals surface area (Å²) < 4.78 is 0. The van der Waals surface area contributed by atoms with Crippen LogP contribution >= 0.6 is 23.2 Å². The minimum atomic E-state index is 0.256. The lowest BCUT2D eigenvalue weighted by atomic mass is 10.2. The van der Waals surface area contributed by atoms with Crippen molar-refractivity contribution in [3.8, 4) is 0 Å². The summed E-state index contributed by atoms with van der Waals surface area (Å²) in [5.74, 6) is 0.939. The van der Waals surface area contributed by atoms with E-state index < -0.39 is 0 Å². The molecule has 0 amide bonds. The van der Waals surface area contributed by atoms with E-state index >= 15 is 0 Å². The molecule has 0 unspecified atom stereocenters. The maximum absolute atomic E-state index is 5.66. The highest BCUT2D eigenvalue weighted by Gasteiger charge is 2.04. The van der Waals surface area contributed by atoms with Crippen LogP contribution in [0.25, 0.3) is 0 Å². The summed E-state index contributed by atoms with van der Waals surface area (Å²) in [5, 5.41) is 0.794. The average Bonchev–Trinajstić information content (AvgIpc) is 1.85. The summed E-state index contributed by atoms with van der Waals surface area (Å²) in [6.07, 6.45) is 0. The molecule has 0 spiro atoms. The van der Waals surface area contributed by atoms with Crippen molar-refractivity contribution in [1.82, 2.24) is 9.97 Å². The van der Waals surface area contributed by atoms with Crippen LogP contribution in [0.3, 0.4) is 0 Å². The highest BCUT2D eigenvalue weighted by molar-refractivity contribution is 6.33. The molecule has 0 N–H and O–H groups in total. The van der Waals surface area contributed by atoms with E-state index in [4.69, 9.17) is 23.2 Å². The standard InChI is InChI=1S/C7H8Cl2N2/c1-4(2)7-10-5(8)3-6(9)11-7/h3-4H,1-2H3. The average molecular weight is 191 g/mol. The fraction of sp³-hybridized carbons (Fsp3) is 0.429. The van der Waals surface area contributed by atoms with Gasteiger partial charge in [-0.25, -0.2) is 9.97 Å². The number of hydrogen-bond donors (Lipinski definition) is 0. The van der Waals surface area contributed by atoms with E-state index in [1.807, 2.05) is 13.8 Å². The van der Waals surface area contributed by atoms with Crippen molar-refractivity contribution in [2.75, 3.05) is 0 Å². The Labute approximate surface area is 75.6 Å². The Morgan fingerprint density at radius 2 is 1.64 bits per heavy atom. The van der Waals surface area contributed by atoms with Crippen LogP contribution in [0.5, 0.6) is 0 Å². The van der Waals surface area contributed by atoms with Gasteiger partial charge in [0.05, 0.1) is 0 Å². The first-order chi connectivity index (χ1) is 5.09. The Morgan fingerprint density at radius 3 is 2.00 bits per heavy atom. The predicted molar refractivity (Wildman–Crippen MR) is 46.1 cm³/mol. The number of rotatable bonds is 1. The molecule has 0 aliphatic heterocycles. The molecule has 0 aromatic carbocycles. The summed E-state index contributed by atoms with van der Waals surface area (Å²) in [5.41, 5.74) is 0. The topological polar surface area (TPSA) is 25.8 Å². The largest absolute Gasteiger partial charge is 0.221 e. The first-order valence-electron chi connectivity index (χ1n) is 3.29. The Bertz CT molecular complexity index is 240. The smallest absolute Gasteiger partial charge is 0.134 e. The van der Waals surface area contributed by atoms with Gasteiger partial charge in [-0.05, 0) is 0 Å². The van der Waals surface area contributed by atoms with Gasteiger partial charge in [-0.1, -0.05) is 37.0 Å². The molecule has 0 bridgehead atoms. The normalized spacial score (nSPS) is 10.6. The number of nitrogens with zero attached hydrogens (tertiary/aromatic N) is 2. The van der Waals surface area contributed by atoms with E-state index in [0.717, 1.165) is 0 Å². The minimum absolute atomic E-state index is 0.256. The van der Waals surface area contributed by atoms with Crippen LogP contribution in [-0.2, 0) is 0 Å². The Kier molecular flexibility index (Phi) is 2.68.